The Morgan fingerprint density at radius 2 is 2.18 bits per heavy atom. The summed E-state index contributed by atoms with van der Waals surface area (Å²) >= 11 is 0. The number of nitrogens with one attached hydrogen (secondary N) is 1. The van der Waals surface area contributed by atoms with Gasteiger partial charge < -0.3 is 15.0 Å². The fourth-order valence-electron chi connectivity index (χ4n) is 3.38. The smallest absolute Gasteiger partial charge is 0.0652 e. The Balaban J connectivity index is 1.72. The summed E-state index contributed by atoms with van der Waals surface area (Å²) in [5.74, 6) is 0.839. The molecule has 0 aromatic carbocycles. The van der Waals surface area contributed by atoms with Crippen LogP contribution in [0.5, 0.6) is 0 Å². The molecule has 0 bridgehead atoms. The lowest BCUT2D eigenvalue weighted by Crippen LogP contribution is -2.61. The van der Waals surface area contributed by atoms with Gasteiger partial charge in [-0.3, -0.25) is 0 Å². The minimum Gasteiger partial charge on any atom is -0.381 e. The molecule has 2 fully saturated rings. The third-order valence-electron chi connectivity index (χ3n) is 4.84. The molecule has 1 heterocycles. The van der Waals surface area contributed by atoms with Crippen LogP contribution in [0.3, 0.4) is 0 Å². The minimum atomic E-state index is 0.301. The Labute approximate surface area is 106 Å². The van der Waals surface area contributed by atoms with Crippen molar-refractivity contribution in [2.45, 2.75) is 45.3 Å². The van der Waals surface area contributed by atoms with E-state index < -0.39 is 0 Å². The van der Waals surface area contributed by atoms with Crippen LogP contribution in [0.25, 0.3) is 0 Å². The lowest BCUT2D eigenvalue weighted by Gasteiger charge is -2.52. The van der Waals surface area contributed by atoms with E-state index in [1.165, 1.54) is 38.9 Å². The van der Waals surface area contributed by atoms with Gasteiger partial charge in [0.15, 0.2) is 0 Å². The van der Waals surface area contributed by atoms with Crippen LogP contribution in [0, 0.1) is 11.3 Å². The van der Waals surface area contributed by atoms with Crippen molar-refractivity contribution in [3.8, 4) is 0 Å². The quantitative estimate of drug-likeness (QED) is 0.810. The van der Waals surface area contributed by atoms with Crippen LogP contribution in [0.4, 0.5) is 0 Å². The van der Waals surface area contributed by atoms with Crippen LogP contribution in [-0.2, 0) is 4.74 Å². The number of piperidine rings is 1. The molecule has 1 aliphatic carbocycles. The van der Waals surface area contributed by atoms with Crippen molar-refractivity contribution in [1.29, 1.82) is 0 Å². The molecule has 2 aliphatic rings. The van der Waals surface area contributed by atoms with E-state index in [0.717, 1.165) is 5.92 Å². The lowest BCUT2D eigenvalue weighted by atomic mass is 9.64. The lowest BCUT2D eigenvalue weighted by molar-refractivity contribution is -0.0984. The number of hydrogen-bond donors (Lipinski definition) is 1. The van der Waals surface area contributed by atoms with E-state index in [2.05, 4.69) is 31.1 Å². The molecule has 1 saturated heterocycles. The van der Waals surface area contributed by atoms with Gasteiger partial charge in [0, 0.05) is 25.1 Å². The molecule has 0 radical (unpaired) electrons. The third kappa shape index (κ3) is 2.83. The predicted octanol–water partition coefficient (Wildman–Crippen LogP) is 1.73. The molecule has 1 aliphatic heterocycles. The van der Waals surface area contributed by atoms with E-state index in [0.29, 0.717) is 17.6 Å². The predicted molar refractivity (Wildman–Crippen MR) is 71.2 cm³/mol. The van der Waals surface area contributed by atoms with E-state index >= 15 is 0 Å². The van der Waals surface area contributed by atoms with Gasteiger partial charge in [0.25, 0.3) is 0 Å². The van der Waals surface area contributed by atoms with Gasteiger partial charge in [0.05, 0.1) is 6.10 Å². The maximum atomic E-state index is 5.49. The first-order chi connectivity index (χ1) is 8.04. The molecule has 17 heavy (non-hydrogen) atoms. The normalized spacial score (nSPS) is 37.8. The molecule has 3 nitrogen and oxygen atoms in total. The monoisotopic (exact) mass is 240 g/mol. The second-order valence-corrected chi connectivity index (χ2v) is 6.51. The Kier molecular flexibility index (Phi) is 4.11. The van der Waals surface area contributed by atoms with E-state index in [-0.39, 0.29) is 0 Å². The van der Waals surface area contributed by atoms with E-state index in [1.54, 1.807) is 0 Å². The molecule has 0 spiro atoms. The van der Waals surface area contributed by atoms with Gasteiger partial charge in [0.2, 0.25) is 0 Å². The molecular formula is C14H28N2O. The number of ether oxygens (including phenoxy) is 1. The minimum absolute atomic E-state index is 0.301. The van der Waals surface area contributed by atoms with Crippen LogP contribution >= 0.6 is 0 Å². The fraction of sp³-hybridized carbons (Fsp3) is 1.00. The fourth-order valence-corrected chi connectivity index (χ4v) is 3.38. The number of rotatable bonds is 4. The van der Waals surface area contributed by atoms with Crippen molar-refractivity contribution < 1.29 is 4.74 Å². The molecule has 3 unspecified atom stereocenters. The standard InChI is InChI=1S/C14H28N2O/c1-14(2)12(8-13(14)17-4)15-9-11-6-5-7-16(3)10-11/h11-13,15H,5-10H2,1-4H3. The summed E-state index contributed by atoms with van der Waals surface area (Å²) in [4.78, 5) is 2.46. The highest BCUT2D eigenvalue weighted by atomic mass is 16.5. The van der Waals surface area contributed by atoms with Gasteiger partial charge in [-0.2, -0.15) is 0 Å². The molecular weight excluding hydrogens is 212 g/mol. The number of hydrogen-bond acceptors (Lipinski definition) is 3. The van der Waals surface area contributed by atoms with Crippen LogP contribution in [-0.4, -0.2) is 50.8 Å². The first-order valence-electron chi connectivity index (χ1n) is 6.98. The van der Waals surface area contributed by atoms with Crippen molar-refractivity contribution in [1.82, 2.24) is 10.2 Å². The zero-order chi connectivity index (χ0) is 12.5. The highest BCUT2D eigenvalue weighted by Gasteiger charge is 2.48. The molecule has 0 amide bonds. The zero-order valence-corrected chi connectivity index (χ0v) is 11.8. The molecule has 100 valence electrons. The molecule has 0 aromatic heterocycles. The first-order valence-corrected chi connectivity index (χ1v) is 6.98. The van der Waals surface area contributed by atoms with Crippen molar-refractivity contribution in [2.75, 3.05) is 33.8 Å². The first kappa shape index (κ1) is 13.3. The average molecular weight is 240 g/mol. The number of nitrogens with zero attached hydrogens (tertiary/aromatic N) is 1. The Morgan fingerprint density at radius 3 is 2.76 bits per heavy atom. The van der Waals surface area contributed by atoms with Gasteiger partial charge in [-0.1, -0.05) is 13.8 Å². The van der Waals surface area contributed by atoms with Crippen molar-refractivity contribution in [3.05, 3.63) is 0 Å². The summed E-state index contributed by atoms with van der Waals surface area (Å²) in [7, 11) is 4.07. The highest BCUT2D eigenvalue weighted by molar-refractivity contribution is 5.02. The molecule has 0 aromatic rings. The molecule has 3 atom stereocenters. The summed E-state index contributed by atoms with van der Waals surface area (Å²) in [5.41, 5.74) is 0.301. The highest BCUT2D eigenvalue weighted by Crippen LogP contribution is 2.42. The molecule has 1 N–H and O–H groups in total. The van der Waals surface area contributed by atoms with Crippen LogP contribution in [0.15, 0.2) is 0 Å². The van der Waals surface area contributed by atoms with Crippen molar-refractivity contribution in [3.63, 3.8) is 0 Å². The molecule has 1 saturated carbocycles. The topological polar surface area (TPSA) is 24.5 Å². The number of likely N-dealkylation sites (tertiary alicyclic amines) is 1. The average Bonchev–Trinajstić information content (AvgIpc) is 2.28. The van der Waals surface area contributed by atoms with Crippen LogP contribution in [0.1, 0.15) is 33.1 Å². The second-order valence-electron chi connectivity index (χ2n) is 6.51. The summed E-state index contributed by atoms with van der Waals surface area (Å²) in [6.07, 6.45) is 4.36. The van der Waals surface area contributed by atoms with Gasteiger partial charge in [0.1, 0.15) is 0 Å². The van der Waals surface area contributed by atoms with E-state index in [1.807, 2.05) is 7.11 Å². The summed E-state index contributed by atoms with van der Waals surface area (Å²) in [5, 5.41) is 3.76. The molecule has 3 heteroatoms. The SMILES string of the molecule is COC1CC(NCC2CCCN(C)C2)C1(C)C. The number of methoxy groups -OCH3 is 1. The van der Waals surface area contributed by atoms with E-state index in [9.17, 15) is 0 Å². The summed E-state index contributed by atoms with van der Waals surface area (Å²) in [6, 6.07) is 0.639. The zero-order valence-electron chi connectivity index (χ0n) is 11.8. The Bertz CT molecular complexity index is 255. The second kappa shape index (κ2) is 5.25. The van der Waals surface area contributed by atoms with Crippen molar-refractivity contribution in [2.24, 2.45) is 11.3 Å². The van der Waals surface area contributed by atoms with Gasteiger partial charge >= 0.3 is 0 Å². The van der Waals surface area contributed by atoms with Crippen molar-refractivity contribution >= 4 is 0 Å². The van der Waals surface area contributed by atoms with Crippen LogP contribution < -0.4 is 5.32 Å². The molecule has 2 rings (SSSR count). The maximum Gasteiger partial charge on any atom is 0.0652 e. The van der Waals surface area contributed by atoms with Gasteiger partial charge in [-0.05, 0) is 45.3 Å². The van der Waals surface area contributed by atoms with Crippen LogP contribution in [0.2, 0.25) is 0 Å². The Hall–Kier alpha value is -0.120. The maximum absolute atomic E-state index is 5.49. The largest absolute Gasteiger partial charge is 0.381 e. The summed E-state index contributed by atoms with van der Waals surface area (Å²) in [6.45, 7) is 8.34. The van der Waals surface area contributed by atoms with E-state index in [4.69, 9.17) is 4.74 Å². The van der Waals surface area contributed by atoms with Gasteiger partial charge in [-0.25, -0.2) is 0 Å². The third-order valence-corrected chi connectivity index (χ3v) is 4.84. The van der Waals surface area contributed by atoms with Gasteiger partial charge in [-0.15, -0.1) is 0 Å². The Morgan fingerprint density at radius 1 is 1.41 bits per heavy atom. The summed E-state index contributed by atoms with van der Waals surface area (Å²) < 4.78 is 5.49.